The molecular weight excluding hydrogens is 314 g/mol. The molecule has 0 saturated heterocycles. The van der Waals surface area contributed by atoms with Crippen molar-refractivity contribution in [2.75, 3.05) is 13.9 Å². The fourth-order valence-corrected chi connectivity index (χ4v) is 2.94. The lowest BCUT2D eigenvalue weighted by Crippen LogP contribution is -2.01. The normalized spacial score (nSPS) is 11.4. The van der Waals surface area contributed by atoms with E-state index in [-0.39, 0.29) is 16.8 Å². The molecule has 17 heavy (non-hydrogen) atoms. The van der Waals surface area contributed by atoms with Gasteiger partial charge in [-0.05, 0) is 33.4 Å². The van der Waals surface area contributed by atoms with Crippen LogP contribution >= 0.6 is 27.3 Å². The summed E-state index contributed by atoms with van der Waals surface area (Å²) in [6, 6.07) is 3.32. The number of hydrogen-bond donors (Lipinski definition) is 0. The molecule has 0 aliphatic heterocycles. The molecule has 1 aromatic heterocycles. The van der Waals surface area contributed by atoms with Gasteiger partial charge in [0, 0.05) is 22.8 Å². The lowest BCUT2D eigenvalue weighted by atomic mass is 10.1. The Morgan fingerprint density at radius 1 is 1.47 bits per heavy atom. The van der Waals surface area contributed by atoms with Crippen LogP contribution in [0.15, 0.2) is 22.0 Å². The van der Waals surface area contributed by atoms with Gasteiger partial charge in [0.15, 0.2) is 6.79 Å². The summed E-state index contributed by atoms with van der Waals surface area (Å²) in [6.45, 7) is 0.0240. The molecule has 2 aromatic rings. The Labute approximate surface area is 109 Å². The molecule has 0 atom stereocenters. The van der Waals surface area contributed by atoms with Crippen LogP contribution in [0.25, 0.3) is 10.1 Å². The van der Waals surface area contributed by atoms with Crippen molar-refractivity contribution >= 4 is 37.4 Å². The van der Waals surface area contributed by atoms with E-state index in [1.807, 2.05) is 11.4 Å². The molecule has 0 bridgehead atoms. The molecule has 0 N–H and O–H groups in total. The van der Waals surface area contributed by atoms with Crippen LogP contribution in [0.2, 0.25) is 0 Å². The second kappa shape index (κ2) is 5.29. The molecule has 92 valence electrons. The van der Waals surface area contributed by atoms with Gasteiger partial charge >= 0.3 is 0 Å². The van der Waals surface area contributed by atoms with Gasteiger partial charge in [-0.25, -0.2) is 8.78 Å². The van der Waals surface area contributed by atoms with Crippen molar-refractivity contribution in [3.63, 3.8) is 0 Å². The highest BCUT2D eigenvalue weighted by Crippen LogP contribution is 2.42. The minimum atomic E-state index is -2.54. The molecule has 0 radical (unpaired) electrons. The number of hydrogen-bond acceptors (Lipinski definition) is 3. The molecule has 0 aliphatic rings. The summed E-state index contributed by atoms with van der Waals surface area (Å²) in [5.41, 5.74) is -0.0638. The molecular formula is C11H9BrF2O2S. The van der Waals surface area contributed by atoms with Gasteiger partial charge in [-0.1, -0.05) is 0 Å². The zero-order valence-electron chi connectivity index (χ0n) is 8.88. The highest BCUT2D eigenvalue weighted by molar-refractivity contribution is 9.10. The van der Waals surface area contributed by atoms with Crippen molar-refractivity contribution in [2.24, 2.45) is 0 Å². The highest BCUT2D eigenvalue weighted by Gasteiger charge is 2.19. The third kappa shape index (κ3) is 2.43. The second-order valence-corrected chi connectivity index (χ2v) is 5.03. The first-order valence-corrected chi connectivity index (χ1v) is 6.42. The summed E-state index contributed by atoms with van der Waals surface area (Å²) in [4.78, 5) is 0. The van der Waals surface area contributed by atoms with Crippen LogP contribution in [0.5, 0.6) is 5.75 Å². The summed E-state index contributed by atoms with van der Waals surface area (Å²) < 4.78 is 36.9. The van der Waals surface area contributed by atoms with Crippen LogP contribution in [0.3, 0.4) is 0 Å². The van der Waals surface area contributed by atoms with Gasteiger partial charge in [0.05, 0.1) is 4.47 Å². The standard InChI is InChI=1S/C11H9BrF2O2S/c1-15-5-16-10-6-2-3-17-8(6)4-7(9(10)12)11(13)14/h2-4,11H,5H2,1H3. The Balaban J connectivity index is 2.59. The highest BCUT2D eigenvalue weighted by atomic mass is 79.9. The number of benzene rings is 1. The van der Waals surface area contributed by atoms with Crippen LogP contribution in [0, 0.1) is 0 Å². The zero-order valence-corrected chi connectivity index (χ0v) is 11.3. The van der Waals surface area contributed by atoms with Crippen LogP contribution < -0.4 is 4.74 Å². The maximum absolute atomic E-state index is 12.9. The summed E-state index contributed by atoms with van der Waals surface area (Å²) in [7, 11) is 1.48. The maximum atomic E-state index is 12.9. The van der Waals surface area contributed by atoms with Gasteiger partial charge in [-0.2, -0.15) is 0 Å². The minimum Gasteiger partial charge on any atom is -0.466 e. The number of rotatable bonds is 4. The number of thiophene rings is 1. The van der Waals surface area contributed by atoms with Gasteiger partial charge < -0.3 is 9.47 Å². The summed E-state index contributed by atoms with van der Waals surface area (Å²) in [6.07, 6.45) is -2.54. The Morgan fingerprint density at radius 3 is 2.88 bits per heavy atom. The van der Waals surface area contributed by atoms with Gasteiger partial charge in [0.1, 0.15) is 5.75 Å². The monoisotopic (exact) mass is 322 g/mol. The Hall–Kier alpha value is -0.720. The Bertz CT molecular complexity index is 527. The topological polar surface area (TPSA) is 18.5 Å². The SMILES string of the molecule is COCOc1c(Br)c(C(F)F)cc2sccc12. The molecule has 2 nitrogen and oxygen atoms in total. The predicted molar refractivity (Wildman–Crippen MR) is 67.0 cm³/mol. The molecule has 6 heteroatoms. The van der Waals surface area contributed by atoms with Crippen LogP contribution in [0.1, 0.15) is 12.0 Å². The minimum absolute atomic E-state index is 0.0240. The van der Waals surface area contributed by atoms with E-state index >= 15 is 0 Å². The fraction of sp³-hybridized carbons (Fsp3) is 0.273. The molecule has 2 rings (SSSR count). The molecule has 1 aromatic carbocycles. The van der Waals surface area contributed by atoms with Gasteiger partial charge in [-0.15, -0.1) is 11.3 Å². The summed E-state index contributed by atoms with van der Waals surface area (Å²) >= 11 is 4.56. The van der Waals surface area contributed by atoms with Crippen molar-refractivity contribution < 1.29 is 18.3 Å². The van der Waals surface area contributed by atoms with E-state index in [9.17, 15) is 8.78 Å². The first kappa shape index (κ1) is 12.7. The second-order valence-electron chi connectivity index (χ2n) is 3.29. The summed E-state index contributed by atoms with van der Waals surface area (Å²) in [5.74, 6) is 0.404. The number of fused-ring (bicyclic) bond motifs is 1. The van der Waals surface area contributed by atoms with Crippen molar-refractivity contribution in [2.45, 2.75) is 6.43 Å². The third-order valence-corrected chi connectivity index (χ3v) is 3.92. The molecule has 0 saturated carbocycles. The van der Waals surface area contributed by atoms with Gasteiger partial charge in [0.2, 0.25) is 0 Å². The number of ether oxygens (including phenoxy) is 2. The fourth-order valence-electron chi connectivity index (χ4n) is 1.49. The maximum Gasteiger partial charge on any atom is 0.265 e. The Morgan fingerprint density at radius 2 is 2.24 bits per heavy atom. The first-order valence-electron chi connectivity index (χ1n) is 4.74. The van der Waals surface area contributed by atoms with Crippen molar-refractivity contribution in [1.29, 1.82) is 0 Å². The largest absolute Gasteiger partial charge is 0.466 e. The van der Waals surface area contributed by atoms with Gasteiger partial charge in [-0.3, -0.25) is 0 Å². The van der Waals surface area contributed by atoms with E-state index < -0.39 is 6.43 Å². The summed E-state index contributed by atoms with van der Waals surface area (Å²) in [5, 5.41) is 2.65. The lowest BCUT2D eigenvalue weighted by Gasteiger charge is -2.12. The number of methoxy groups -OCH3 is 1. The van der Waals surface area contributed by atoms with E-state index in [0.717, 1.165) is 10.1 Å². The smallest absolute Gasteiger partial charge is 0.265 e. The molecule has 0 aliphatic carbocycles. The number of halogens is 3. The molecule has 0 fully saturated rings. The van der Waals surface area contributed by atoms with E-state index in [1.54, 1.807) is 0 Å². The number of alkyl halides is 2. The zero-order chi connectivity index (χ0) is 12.4. The van der Waals surface area contributed by atoms with E-state index in [2.05, 4.69) is 15.9 Å². The van der Waals surface area contributed by atoms with Crippen LogP contribution in [-0.2, 0) is 4.74 Å². The Kier molecular flexibility index (Phi) is 3.96. The van der Waals surface area contributed by atoms with E-state index in [0.29, 0.717) is 5.75 Å². The molecule has 0 amide bonds. The van der Waals surface area contributed by atoms with E-state index in [1.165, 1.54) is 24.5 Å². The molecule has 1 heterocycles. The molecule has 0 spiro atoms. The van der Waals surface area contributed by atoms with Gasteiger partial charge in [0.25, 0.3) is 6.43 Å². The van der Waals surface area contributed by atoms with Crippen molar-refractivity contribution in [3.05, 3.63) is 27.5 Å². The van der Waals surface area contributed by atoms with Crippen molar-refractivity contribution in [1.82, 2.24) is 0 Å². The van der Waals surface area contributed by atoms with Crippen molar-refractivity contribution in [3.8, 4) is 5.75 Å². The van der Waals surface area contributed by atoms with Crippen LogP contribution in [-0.4, -0.2) is 13.9 Å². The molecule has 0 unspecified atom stereocenters. The lowest BCUT2D eigenvalue weighted by molar-refractivity contribution is 0.0512. The average molecular weight is 323 g/mol. The third-order valence-electron chi connectivity index (χ3n) is 2.24. The predicted octanol–water partition coefficient (Wildman–Crippen LogP) is 4.58. The average Bonchev–Trinajstić information content (AvgIpc) is 2.74. The van der Waals surface area contributed by atoms with Crippen LogP contribution in [0.4, 0.5) is 8.78 Å². The quantitative estimate of drug-likeness (QED) is 0.767. The first-order chi connectivity index (χ1) is 8.15. The van der Waals surface area contributed by atoms with E-state index in [4.69, 9.17) is 9.47 Å².